The third kappa shape index (κ3) is 9.15. The highest BCUT2D eigenvalue weighted by molar-refractivity contribution is 5.65. The third-order valence-electron chi connectivity index (χ3n) is 1.35. The highest BCUT2D eigenvalue weighted by Crippen LogP contribution is 1.96. The van der Waals surface area contributed by atoms with Gasteiger partial charge >= 0.3 is 0 Å². The first-order valence-corrected chi connectivity index (χ1v) is 4.09. The van der Waals surface area contributed by atoms with Crippen molar-refractivity contribution < 1.29 is 4.79 Å². The highest BCUT2D eigenvalue weighted by atomic mass is 16.1. The highest BCUT2D eigenvalue weighted by Gasteiger charge is 1.76. The molecule has 0 heterocycles. The summed E-state index contributed by atoms with van der Waals surface area (Å²) in [6.07, 6.45) is 13.6. The van der Waals surface area contributed by atoms with Gasteiger partial charge in [0.25, 0.3) is 0 Å². The molecule has 0 amide bonds. The van der Waals surface area contributed by atoms with Crippen molar-refractivity contribution in [2.24, 2.45) is 0 Å². The van der Waals surface area contributed by atoms with Crippen molar-refractivity contribution in [3.63, 3.8) is 0 Å². The lowest BCUT2D eigenvalue weighted by molar-refractivity contribution is 0.564. The summed E-state index contributed by atoms with van der Waals surface area (Å²) in [7, 11) is 0. The Labute approximate surface area is 68.8 Å². The fraction of sp³-hybridized carbons (Fsp3) is 0.500. The molecule has 0 aliphatic heterocycles. The molecule has 0 spiro atoms. The zero-order chi connectivity index (χ0) is 8.36. The minimum absolute atomic E-state index is 0.846. The molecular weight excluding hydrogens is 136 g/mol. The van der Waals surface area contributed by atoms with Gasteiger partial charge in [0, 0.05) is 0 Å². The van der Waals surface area contributed by atoms with Gasteiger partial charge in [0.1, 0.15) is 0 Å². The number of rotatable bonds is 6. The zero-order valence-corrected chi connectivity index (χ0v) is 7.05. The molecular formula is C10H15O. The van der Waals surface area contributed by atoms with Crippen molar-refractivity contribution in [1.29, 1.82) is 0 Å². The molecule has 0 aromatic rings. The Morgan fingerprint density at radius 2 is 2.09 bits per heavy atom. The lowest BCUT2D eigenvalue weighted by Crippen LogP contribution is -1.66. The van der Waals surface area contributed by atoms with Gasteiger partial charge in [0.2, 0.25) is 6.29 Å². The lowest BCUT2D eigenvalue weighted by atomic mass is 10.2. The van der Waals surface area contributed by atoms with Crippen molar-refractivity contribution in [1.82, 2.24) is 0 Å². The summed E-state index contributed by atoms with van der Waals surface area (Å²) in [6.45, 7) is 2.18. The molecule has 1 radical (unpaired) electrons. The maximum atomic E-state index is 9.70. The Balaban J connectivity index is 3.15. The molecule has 61 valence electrons. The second-order valence-corrected chi connectivity index (χ2v) is 2.37. The largest absolute Gasteiger partial charge is 0.286 e. The topological polar surface area (TPSA) is 17.1 Å². The van der Waals surface area contributed by atoms with Crippen LogP contribution in [0.1, 0.15) is 32.6 Å². The molecule has 0 atom stereocenters. The molecule has 0 aliphatic rings. The Kier molecular flexibility index (Phi) is 8.44. The summed E-state index contributed by atoms with van der Waals surface area (Å²) in [5, 5.41) is 0. The Hall–Kier alpha value is -0.850. The molecule has 0 unspecified atom stereocenters. The molecule has 0 rings (SSSR count). The van der Waals surface area contributed by atoms with E-state index in [1.165, 1.54) is 18.9 Å². The Morgan fingerprint density at radius 3 is 2.73 bits per heavy atom. The maximum Gasteiger partial charge on any atom is 0.225 e. The molecule has 1 nitrogen and oxygen atoms in total. The average molecular weight is 151 g/mol. The summed E-state index contributed by atoms with van der Waals surface area (Å²) in [5.74, 6) is 0. The van der Waals surface area contributed by atoms with Crippen molar-refractivity contribution >= 4 is 6.29 Å². The van der Waals surface area contributed by atoms with E-state index in [-0.39, 0.29) is 0 Å². The van der Waals surface area contributed by atoms with E-state index in [0.717, 1.165) is 12.8 Å². The second kappa shape index (κ2) is 9.15. The van der Waals surface area contributed by atoms with Crippen LogP contribution in [0.5, 0.6) is 0 Å². The molecule has 0 saturated carbocycles. The van der Waals surface area contributed by atoms with Crippen LogP contribution in [0.4, 0.5) is 0 Å². The molecule has 1 heteroatoms. The van der Waals surface area contributed by atoms with E-state index in [0.29, 0.717) is 0 Å². The van der Waals surface area contributed by atoms with E-state index < -0.39 is 0 Å². The third-order valence-corrected chi connectivity index (χ3v) is 1.35. The number of allylic oxidation sites excluding steroid dienone is 4. The maximum absolute atomic E-state index is 9.70. The molecule has 0 N–H and O–H groups in total. The normalized spacial score (nSPS) is 11.4. The van der Waals surface area contributed by atoms with Gasteiger partial charge in [-0.1, -0.05) is 38.0 Å². The Morgan fingerprint density at radius 1 is 1.27 bits per heavy atom. The van der Waals surface area contributed by atoms with Crippen LogP contribution < -0.4 is 0 Å². The van der Waals surface area contributed by atoms with E-state index >= 15 is 0 Å². The minimum atomic E-state index is 0.846. The second-order valence-electron chi connectivity index (χ2n) is 2.37. The fourth-order valence-corrected chi connectivity index (χ4v) is 0.731. The molecule has 0 aromatic carbocycles. The molecule has 11 heavy (non-hydrogen) atoms. The van der Waals surface area contributed by atoms with Crippen LogP contribution in [-0.2, 0) is 4.79 Å². The summed E-state index contributed by atoms with van der Waals surface area (Å²) >= 11 is 0. The number of hydrogen-bond donors (Lipinski definition) is 0. The first kappa shape index (κ1) is 10.2. The van der Waals surface area contributed by atoms with Gasteiger partial charge < -0.3 is 0 Å². The summed E-state index contributed by atoms with van der Waals surface area (Å²) in [5.41, 5.74) is 0. The van der Waals surface area contributed by atoms with E-state index in [2.05, 4.69) is 19.1 Å². The lowest BCUT2D eigenvalue weighted by Gasteiger charge is -1.86. The van der Waals surface area contributed by atoms with Crippen LogP contribution in [0.15, 0.2) is 24.3 Å². The SMILES string of the molecule is CCCC/C=C/C/C=C/[C]=O. The molecule has 0 aliphatic carbocycles. The standard InChI is InChI=1S/C10H15O/c1-2-3-4-5-6-7-8-9-10-11/h5-6,8-9H,2-4,7H2,1H3/b6-5+,9-8+. The van der Waals surface area contributed by atoms with Gasteiger partial charge in [-0.3, -0.25) is 4.79 Å². The van der Waals surface area contributed by atoms with Crippen molar-refractivity contribution in [3.05, 3.63) is 24.3 Å². The minimum Gasteiger partial charge on any atom is -0.286 e. The van der Waals surface area contributed by atoms with Crippen LogP contribution in [-0.4, -0.2) is 6.29 Å². The molecule has 0 aromatic heterocycles. The van der Waals surface area contributed by atoms with E-state index in [9.17, 15) is 4.79 Å². The summed E-state index contributed by atoms with van der Waals surface area (Å²) < 4.78 is 0. The molecule has 0 fully saturated rings. The van der Waals surface area contributed by atoms with Crippen molar-refractivity contribution in [3.8, 4) is 0 Å². The first-order valence-electron chi connectivity index (χ1n) is 4.09. The van der Waals surface area contributed by atoms with E-state index in [1.54, 1.807) is 12.4 Å². The van der Waals surface area contributed by atoms with Crippen LogP contribution >= 0.6 is 0 Å². The van der Waals surface area contributed by atoms with Crippen LogP contribution in [0, 0.1) is 0 Å². The van der Waals surface area contributed by atoms with Gasteiger partial charge in [0.15, 0.2) is 0 Å². The number of carbonyl (C=O) groups excluding carboxylic acids is 1. The Bertz CT molecular complexity index is 134. The summed E-state index contributed by atoms with van der Waals surface area (Å²) in [6, 6.07) is 0. The van der Waals surface area contributed by atoms with E-state index in [4.69, 9.17) is 0 Å². The van der Waals surface area contributed by atoms with Crippen LogP contribution in [0.2, 0.25) is 0 Å². The number of unbranched alkanes of at least 4 members (excludes halogenated alkanes) is 2. The molecule has 0 saturated heterocycles. The average Bonchev–Trinajstić information content (AvgIpc) is 2.03. The van der Waals surface area contributed by atoms with Gasteiger partial charge in [-0.25, -0.2) is 0 Å². The smallest absolute Gasteiger partial charge is 0.225 e. The first-order chi connectivity index (χ1) is 5.41. The van der Waals surface area contributed by atoms with Gasteiger partial charge in [0.05, 0.1) is 0 Å². The fourth-order valence-electron chi connectivity index (χ4n) is 0.731. The zero-order valence-electron chi connectivity index (χ0n) is 7.05. The predicted octanol–water partition coefficient (Wildman–Crippen LogP) is 2.79. The van der Waals surface area contributed by atoms with Gasteiger partial charge in [-0.15, -0.1) is 0 Å². The van der Waals surface area contributed by atoms with Crippen LogP contribution in [0.25, 0.3) is 0 Å². The molecule has 0 bridgehead atoms. The summed E-state index contributed by atoms with van der Waals surface area (Å²) in [4.78, 5) is 9.70. The van der Waals surface area contributed by atoms with Gasteiger partial charge in [-0.05, 0) is 18.9 Å². The number of hydrogen-bond acceptors (Lipinski definition) is 1. The monoisotopic (exact) mass is 151 g/mol. The predicted molar refractivity (Wildman–Crippen MR) is 48.1 cm³/mol. The van der Waals surface area contributed by atoms with Gasteiger partial charge in [-0.2, -0.15) is 0 Å². The van der Waals surface area contributed by atoms with Crippen LogP contribution in [0.3, 0.4) is 0 Å². The van der Waals surface area contributed by atoms with Crippen molar-refractivity contribution in [2.75, 3.05) is 0 Å². The van der Waals surface area contributed by atoms with Crippen molar-refractivity contribution in [2.45, 2.75) is 32.6 Å². The quantitative estimate of drug-likeness (QED) is 0.324. The van der Waals surface area contributed by atoms with E-state index in [1.807, 2.05) is 0 Å².